The lowest BCUT2D eigenvalue weighted by Crippen LogP contribution is -2.46. The van der Waals surface area contributed by atoms with Crippen LogP contribution in [0.25, 0.3) is 11.0 Å². The van der Waals surface area contributed by atoms with E-state index in [0.717, 1.165) is 41.7 Å². The average Bonchev–Trinajstić information content (AvgIpc) is 3.21. The van der Waals surface area contributed by atoms with Crippen molar-refractivity contribution in [2.45, 2.75) is 45.6 Å². The molecule has 1 aliphatic heterocycles. The number of benzene rings is 1. The van der Waals surface area contributed by atoms with E-state index in [2.05, 4.69) is 9.97 Å². The third-order valence-corrected chi connectivity index (χ3v) is 6.55. The van der Waals surface area contributed by atoms with Gasteiger partial charge in [-0.15, -0.1) is 0 Å². The molecule has 1 aliphatic rings. The number of nitrogens with zero attached hydrogens (tertiary/aromatic N) is 5. The van der Waals surface area contributed by atoms with Gasteiger partial charge in [-0.25, -0.2) is 9.97 Å². The molecule has 0 aliphatic carbocycles. The predicted molar refractivity (Wildman–Crippen MR) is 127 cm³/mol. The molecule has 1 fully saturated rings. The highest BCUT2D eigenvalue weighted by molar-refractivity contribution is 5.87. The molecule has 0 spiro atoms. The fourth-order valence-electron chi connectivity index (χ4n) is 4.72. The number of piperidine rings is 1. The summed E-state index contributed by atoms with van der Waals surface area (Å²) in [6, 6.07) is 7.13. The van der Waals surface area contributed by atoms with Gasteiger partial charge in [-0.2, -0.15) is 13.2 Å². The summed E-state index contributed by atoms with van der Waals surface area (Å²) in [5.41, 5.74) is 0.839. The first kappa shape index (κ1) is 25.1. The van der Waals surface area contributed by atoms with Gasteiger partial charge in [-0.3, -0.25) is 9.69 Å². The number of fused-ring (bicyclic) bond motifs is 1. The second-order valence-electron chi connectivity index (χ2n) is 9.16. The monoisotopic (exact) mass is 489 g/mol. The van der Waals surface area contributed by atoms with Crippen molar-refractivity contribution in [3.05, 3.63) is 54.0 Å². The van der Waals surface area contributed by atoms with Gasteiger partial charge >= 0.3 is 6.18 Å². The summed E-state index contributed by atoms with van der Waals surface area (Å²) in [4.78, 5) is 24.3. The number of β-amino-alcohol motifs (C(OH)–C–C–N with tert-alkyl or cyclic N) is 1. The molecular weight excluding hydrogens is 459 g/mol. The Labute approximate surface area is 202 Å². The van der Waals surface area contributed by atoms with Crippen LogP contribution in [0.1, 0.15) is 31.4 Å². The molecule has 3 aromatic rings. The molecule has 0 bridgehead atoms. The molecule has 1 N–H and O–H groups in total. The zero-order chi connectivity index (χ0) is 25.2. The Morgan fingerprint density at radius 1 is 1.20 bits per heavy atom. The van der Waals surface area contributed by atoms with Crippen molar-refractivity contribution in [3.63, 3.8) is 0 Å². The van der Waals surface area contributed by atoms with Crippen molar-refractivity contribution in [2.75, 3.05) is 31.1 Å². The van der Waals surface area contributed by atoms with Crippen LogP contribution in [0.2, 0.25) is 0 Å². The standard InChI is InChI=1S/C25H30F3N5O2/c1-3-32(13-18-4-6-20(7-5-18)25(26,27)28)23-21-9-11-33(24(21)30-16-29-23)14-19-8-10-31(12-17(2)34)15-22(19)35/h4-7,9,11,16,19,22,35H,3,8,10,12-15H2,1-2H3/t19?,22-/m0/s1. The van der Waals surface area contributed by atoms with Crippen LogP contribution in [-0.2, 0) is 24.1 Å². The fourth-order valence-corrected chi connectivity index (χ4v) is 4.72. The van der Waals surface area contributed by atoms with Crippen molar-refractivity contribution in [1.29, 1.82) is 0 Å². The number of likely N-dealkylation sites (tertiary alicyclic amines) is 1. The number of aliphatic hydroxyl groups is 1. The van der Waals surface area contributed by atoms with Gasteiger partial charge in [0, 0.05) is 38.3 Å². The molecule has 35 heavy (non-hydrogen) atoms. The van der Waals surface area contributed by atoms with Crippen LogP contribution in [0.15, 0.2) is 42.9 Å². The van der Waals surface area contributed by atoms with Gasteiger partial charge in [-0.1, -0.05) is 12.1 Å². The first-order valence-corrected chi connectivity index (χ1v) is 11.8. The van der Waals surface area contributed by atoms with Crippen LogP contribution >= 0.6 is 0 Å². The normalized spacial score (nSPS) is 19.3. The Kier molecular flexibility index (Phi) is 7.42. The molecule has 4 rings (SSSR count). The lowest BCUT2D eigenvalue weighted by molar-refractivity contribution is -0.137. The number of halogens is 3. The van der Waals surface area contributed by atoms with E-state index in [4.69, 9.17) is 0 Å². The number of ketones is 1. The predicted octanol–water partition coefficient (Wildman–Crippen LogP) is 3.75. The lowest BCUT2D eigenvalue weighted by Gasteiger charge is -2.35. The van der Waals surface area contributed by atoms with Gasteiger partial charge in [0.1, 0.15) is 23.6 Å². The van der Waals surface area contributed by atoms with E-state index < -0.39 is 17.8 Å². The van der Waals surface area contributed by atoms with Crippen LogP contribution in [0, 0.1) is 5.92 Å². The van der Waals surface area contributed by atoms with Crippen molar-refractivity contribution in [2.24, 2.45) is 5.92 Å². The fraction of sp³-hybridized carbons (Fsp3) is 0.480. The molecule has 2 aromatic heterocycles. The van der Waals surface area contributed by atoms with E-state index in [9.17, 15) is 23.1 Å². The van der Waals surface area contributed by atoms with Crippen LogP contribution in [0.5, 0.6) is 0 Å². The Hall–Kier alpha value is -2.98. The van der Waals surface area contributed by atoms with Crippen molar-refractivity contribution < 1.29 is 23.1 Å². The molecule has 1 saturated heterocycles. The Morgan fingerprint density at radius 2 is 1.94 bits per heavy atom. The van der Waals surface area contributed by atoms with Gasteiger partial charge in [0.05, 0.1) is 23.6 Å². The average molecular weight is 490 g/mol. The zero-order valence-electron chi connectivity index (χ0n) is 19.9. The third kappa shape index (κ3) is 5.82. The minimum Gasteiger partial charge on any atom is -0.391 e. The number of alkyl halides is 3. The summed E-state index contributed by atoms with van der Waals surface area (Å²) >= 11 is 0. The van der Waals surface area contributed by atoms with Crippen molar-refractivity contribution >= 4 is 22.6 Å². The summed E-state index contributed by atoms with van der Waals surface area (Å²) in [5.74, 6) is 0.850. The molecule has 0 radical (unpaired) electrons. The molecule has 1 unspecified atom stereocenters. The first-order valence-electron chi connectivity index (χ1n) is 11.8. The van der Waals surface area contributed by atoms with E-state index >= 15 is 0 Å². The summed E-state index contributed by atoms with van der Waals surface area (Å²) in [7, 11) is 0. The number of hydrogen-bond acceptors (Lipinski definition) is 6. The van der Waals surface area contributed by atoms with E-state index in [-0.39, 0.29) is 11.7 Å². The third-order valence-electron chi connectivity index (χ3n) is 6.55. The summed E-state index contributed by atoms with van der Waals surface area (Å²) < 4.78 is 40.7. The summed E-state index contributed by atoms with van der Waals surface area (Å²) in [6.07, 6.45) is -0.684. The maximum atomic E-state index is 12.9. The number of carbonyl (C=O) groups excluding carboxylic acids is 1. The molecule has 10 heteroatoms. The van der Waals surface area contributed by atoms with Gasteiger partial charge in [0.25, 0.3) is 0 Å². The minimum absolute atomic E-state index is 0.0432. The quantitative estimate of drug-likeness (QED) is 0.520. The first-order chi connectivity index (χ1) is 16.7. The number of rotatable bonds is 8. The zero-order valence-corrected chi connectivity index (χ0v) is 19.9. The minimum atomic E-state index is -4.36. The number of aliphatic hydroxyl groups excluding tert-OH is 1. The van der Waals surface area contributed by atoms with Gasteiger partial charge in [0.15, 0.2) is 0 Å². The second-order valence-corrected chi connectivity index (χ2v) is 9.16. The molecule has 1 aromatic carbocycles. The molecule has 7 nitrogen and oxygen atoms in total. The molecule has 2 atom stereocenters. The maximum absolute atomic E-state index is 12.9. The van der Waals surface area contributed by atoms with E-state index in [1.807, 2.05) is 33.6 Å². The molecule has 0 amide bonds. The number of hydrogen-bond donors (Lipinski definition) is 1. The molecule has 188 valence electrons. The molecule has 3 heterocycles. The smallest absolute Gasteiger partial charge is 0.391 e. The van der Waals surface area contributed by atoms with E-state index in [0.29, 0.717) is 38.5 Å². The summed E-state index contributed by atoms with van der Waals surface area (Å²) in [6.45, 7) is 6.75. The highest BCUT2D eigenvalue weighted by atomic mass is 19.4. The summed E-state index contributed by atoms with van der Waals surface area (Å²) in [5, 5.41) is 11.5. The number of carbonyl (C=O) groups is 1. The number of anilines is 1. The molecular formula is C25H30F3N5O2. The van der Waals surface area contributed by atoms with Crippen molar-refractivity contribution in [1.82, 2.24) is 19.4 Å². The van der Waals surface area contributed by atoms with Crippen LogP contribution in [0.3, 0.4) is 0 Å². The maximum Gasteiger partial charge on any atom is 0.416 e. The van der Waals surface area contributed by atoms with Crippen LogP contribution in [-0.4, -0.2) is 62.6 Å². The Bertz CT molecular complexity index is 1160. The van der Waals surface area contributed by atoms with Gasteiger partial charge < -0.3 is 14.6 Å². The SMILES string of the molecule is CCN(Cc1ccc(C(F)(F)F)cc1)c1ncnc2c1ccn2CC1CCN(CC(C)=O)C[C@@H]1O. The topological polar surface area (TPSA) is 74.5 Å². The molecule has 0 saturated carbocycles. The van der Waals surface area contributed by atoms with Gasteiger partial charge in [0.2, 0.25) is 0 Å². The van der Waals surface area contributed by atoms with Gasteiger partial charge in [-0.05, 0) is 50.6 Å². The van der Waals surface area contributed by atoms with E-state index in [1.165, 1.54) is 18.5 Å². The number of aromatic nitrogens is 3. The Balaban J connectivity index is 1.50. The number of Topliss-reactive ketones (excluding diaryl/α,β-unsaturated/α-hetero) is 1. The second kappa shape index (κ2) is 10.3. The Morgan fingerprint density at radius 3 is 2.57 bits per heavy atom. The lowest BCUT2D eigenvalue weighted by atomic mass is 9.93. The van der Waals surface area contributed by atoms with Crippen LogP contribution in [0.4, 0.5) is 19.0 Å². The van der Waals surface area contributed by atoms with E-state index in [1.54, 1.807) is 6.92 Å². The highest BCUT2D eigenvalue weighted by Gasteiger charge is 2.30. The largest absolute Gasteiger partial charge is 0.416 e. The highest BCUT2D eigenvalue weighted by Crippen LogP contribution is 2.30. The van der Waals surface area contributed by atoms with Crippen LogP contribution < -0.4 is 4.90 Å². The van der Waals surface area contributed by atoms with Crippen molar-refractivity contribution in [3.8, 4) is 0 Å².